The molecule has 1 aromatic heterocycles. The number of H-pyrrole nitrogens is 1. The number of aromatic amines is 1. The first-order valence-corrected chi connectivity index (χ1v) is 8.03. The predicted molar refractivity (Wildman–Crippen MR) is 96.3 cm³/mol. The molecule has 0 amide bonds. The highest BCUT2D eigenvalue weighted by molar-refractivity contribution is 6.31. The molecule has 4 rings (SSSR count). The molecule has 26 heavy (non-hydrogen) atoms. The Morgan fingerprint density at radius 3 is 2.62 bits per heavy atom. The van der Waals surface area contributed by atoms with Gasteiger partial charge in [0.2, 0.25) is 0 Å². The average molecular weight is 354 g/mol. The molecule has 0 saturated carbocycles. The molecule has 2 heterocycles. The fraction of sp³-hybridized carbons (Fsp3) is 0.158. The SMILES string of the molecule is CC1(C)C(O)=C(c2nc3ccccc3[nH]2)C(=N)N1c1cc(F)ccc1F. The van der Waals surface area contributed by atoms with Gasteiger partial charge in [0, 0.05) is 6.07 Å². The van der Waals surface area contributed by atoms with Crippen molar-refractivity contribution in [3.05, 3.63) is 65.7 Å². The van der Waals surface area contributed by atoms with Crippen molar-refractivity contribution in [3.63, 3.8) is 0 Å². The van der Waals surface area contributed by atoms with Gasteiger partial charge in [0.1, 0.15) is 29.1 Å². The Morgan fingerprint density at radius 2 is 1.88 bits per heavy atom. The molecule has 1 aliphatic heterocycles. The first kappa shape index (κ1) is 16.3. The average Bonchev–Trinajstić information content (AvgIpc) is 3.07. The Bertz CT molecular complexity index is 1050. The number of benzene rings is 2. The summed E-state index contributed by atoms with van der Waals surface area (Å²) in [5, 5.41) is 19.3. The molecule has 0 fully saturated rings. The van der Waals surface area contributed by atoms with Gasteiger partial charge in [-0.05, 0) is 38.1 Å². The smallest absolute Gasteiger partial charge is 0.147 e. The summed E-state index contributed by atoms with van der Waals surface area (Å²) in [6.45, 7) is 3.27. The molecule has 0 bridgehead atoms. The van der Waals surface area contributed by atoms with Crippen LogP contribution in [-0.4, -0.2) is 26.4 Å². The van der Waals surface area contributed by atoms with Crippen molar-refractivity contribution in [3.8, 4) is 0 Å². The molecule has 0 spiro atoms. The van der Waals surface area contributed by atoms with E-state index in [9.17, 15) is 13.9 Å². The summed E-state index contributed by atoms with van der Waals surface area (Å²) in [5.41, 5.74) is 0.347. The highest BCUT2D eigenvalue weighted by atomic mass is 19.1. The van der Waals surface area contributed by atoms with Crippen molar-refractivity contribution in [2.75, 3.05) is 4.90 Å². The monoisotopic (exact) mass is 354 g/mol. The van der Waals surface area contributed by atoms with Gasteiger partial charge < -0.3 is 15.0 Å². The molecule has 0 radical (unpaired) electrons. The highest BCUT2D eigenvalue weighted by Crippen LogP contribution is 2.42. The van der Waals surface area contributed by atoms with Gasteiger partial charge in [-0.3, -0.25) is 5.41 Å². The lowest BCUT2D eigenvalue weighted by molar-refractivity contribution is 0.332. The van der Waals surface area contributed by atoms with E-state index in [2.05, 4.69) is 9.97 Å². The van der Waals surface area contributed by atoms with Gasteiger partial charge in [-0.15, -0.1) is 0 Å². The van der Waals surface area contributed by atoms with Crippen molar-refractivity contribution in [1.82, 2.24) is 9.97 Å². The summed E-state index contributed by atoms with van der Waals surface area (Å²) < 4.78 is 28.0. The predicted octanol–water partition coefficient (Wildman–Crippen LogP) is 4.39. The summed E-state index contributed by atoms with van der Waals surface area (Å²) >= 11 is 0. The molecule has 0 aliphatic carbocycles. The van der Waals surface area contributed by atoms with Gasteiger partial charge in [0.05, 0.1) is 27.8 Å². The van der Waals surface area contributed by atoms with Crippen LogP contribution in [0.25, 0.3) is 16.6 Å². The van der Waals surface area contributed by atoms with Crippen molar-refractivity contribution < 1.29 is 13.9 Å². The van der Waals surface area contributed by atoms with Crippen LogP contribution in [0.2, 0.25) is 0 Å². The number of aliphatic hydroxyl groups is 1. The standard InChI is InChI=1S/C19H16F2N4O/c1-19(2)16(26)15(18-23-12-5-3-4-6-13(12)24-18)17(22)25(19)14-9-10(20)7-8-11(14)21/h3-9,22,26H,1-2H3,(H,23,24). The third-order valence-electron chi connectivity index (χ3n) is 4.61. The summed E-state index contributed by atoms with van der Waals surface area (Å²) in [7, 11) is 0. The van der Waals surface area contributed by atoms with Crippen molar-refractivity contribution in [1.29, 1.82) is 5.41 Å². The fourth-order valence-electron chi connectivity index (χ4n) is 3.29. The molecule has 1 aliphatic rings. The number of para-hydroxylation sites is 2. The summed E-state index contributed by atoms with van der Waals surface area (Å²) in [5.74, 6) is -1.29. The quantitative estimate of drug-likeness (QED) is 0.639. The maximum absolute atomic E-state index is 14.3. The maximum atomic E-state index is 14.3. The number of rotatable bonds is 2. The molecule has 0 atom stereocenters. The number of hydrogen-bond donors (Lipinski definition) is 3. The van der Waals surface area contributed by atoms with Crippen LogP contribution in [-0.2, 0) is 0 Å². The number of imidazole rings is 1. The van der Waals surface area contributed by atoms with Crippen LogP contribution >= 0.6 is 0 Å². The molecule has 5 nitrogen and oxygen atoms in total. The summed E-state index contributed by atoms with van der Waals surface area (Å²) in [4.78, 5) is 8.76. The number of fused-ring (bicyclic) bond motifs is 1. The van der Waals surface area contributed by atoms with Crippen LogP contribution in [0, 0.1) is 17.0 Å². The molecule has 7 heteroatoms. The van der Waals surface area contributed by atoms with E-state index in [4.69, 9.17) is 5.41 Å². The van der Waals surface area contributed by atoms with Crippen molar-refractivity contribution in [2.24, 2.45) is 0 Å². The second-order valence-corrected chi connectivity index (χ2v) is 6.66. The van der Waals surface area contributed by atoms with Crippen LogP contribution in [0.5, 0.6) is 0 Å². The molecular weight excluding hydrogens is 338 g/mol. The van der Waals surface area contributed by atoms with Crippen molar-refractivity contribution >= 4 is 28.1 Å². The number of hydrogen-bond acceptors (Lipinski definition) is 3. The van der Waals surface area contributed by atoms with Gasteiger partial charge in [-0.1, -0.05) is 12.1 Å². The lowest BCUT2D eigenvalue weighted by Gasteiger charge is -2.33. The first-order valence-electron chi connectivity index (χ1n) is 8.03. The molecule has 3 aromatic rings. The number of halogens is 2. The lowest BCUT2D eigenvalue weighted by atomic mass is 10.0. The van der Waals surface area contributed by atoms with Gasteiger partial charge in [-0.25, -0.2) is 13.8 Å². The Labute approximate surface area is 148 Å². The second kappa shape index (κ2) is 5.39. The van der Waals surface area contributed by atoms with Gasteiger partial charge >= 0.3 is 0 Å². The third kappa shape index (κ3) is 2.20. The minimum Gasteiger partial charge on any atom is -0.509 e. The third-order valence-corrected chi connectivity index (χ3v) is 4.61. The van der Waals surface area contributed by atoms with E-state index < -0.39 is 17.2 Å². The fourth-order valence-corrected chi connectivity index (χ4v) is 3.29. The van der Waals surface area contributed by atoms with Gasteiger partial charge in [0.25, 0.3) is 0 Å². The minimum absolute atomic E-state index is 0.113. The zero-order valence-corrected chi connectivity index (χ0v) is 14.1. The zero-order valence-electron chi connectivity index (χ0n) is 14.1. The number of aromatic nitrogens is 2. The van der Waals surface area contributed by atoms with E-state index >= 15 is 0 Å². The molecular formula is C19H16F2N4O. The second-order valence-electron chi connectivity index (χ2n) is 6.66. The van der Waals surface area contributed by atoms with E-state index in [1.54, 1.807) is 19.9 Å². The van der Waals surface area contributed by atoms with Crippen molar-refractivity contribution in [2.45, 2.75) is 19.4 Å². The number of amidine groups is 1. The largest absolute Gasteiger partial charge is 0.509 e. The highest BCUT2D eigenvalue weighted by Gasteiger charge is 2.46. The number of anilines is 1. The maximum Gasteiger partial charge on any atom is 0.147 e. The van der Waals surface area contributed by atoms with E-state index in [1.807, 2.05) is 18.2 Å². The Kier molecular flexibility index (Phi) is 3.37. The number of nitrogens with one attached hydrogen (secondary N) is 2. The molecule has 0 saturated heterocycles. The van der Waals surface area contributed by atoms with Crippen LogP contribution < -0.4 is 4.90 Å². The van der Waals surface area contributed by atoms with Crippen LogP contribution in [0.4, 0.5) is 14.5 Å². The summed E-state index contributed by atoms with van der Waals surface area (Å²) in [6.07, 6.45) is 0. The lowest BCUT2D eigenvalue weighted by Crippen LogP contribution is -2.44. The first-order chi connectivity index (χ1) is 12.3. The normalized spacial score (nSPS) is 16.8. The van der Waals surface area contributed by atoms with E-state index in [0.29, 0.717) is 11.3 Å². The molecule has 3 N–H and O–H groups in total. The molecule has 2 aromatic carbocycles. The van der Waals surface area contributed by atoms with Gasteiger partial charge in [-0.2, -0.15) is 0 Å². The van der Waals surface area contributed by atoms with E-state index in [-0.39, 0.29) is 22.9 Å². The summed E-state index contributed by atoms with van der Waals surface area (Å²) in [6, 6.07) is 10.3. The van der Waals surface area contributed by atoms with Gasteiger partial charge in [0.15, 0.2) is 0 Å². The number of nitrogens with zero attached hydrogens (tertiary/aromatic N) is 2. The Morgan fingerprint density at radius 1 is 1.15 bits per heavy atom. The Balaban J connectivity index is 1.88. The minimum atomic E-state index is -1.14. The topological polar surface area (TPSA) is 76.0 Å². The molecule has 132 valence electrons. The van der Waals surface area contributed by atoms with Crippen LogP contribution in [0.1, 0.15) is 19.7 Å². The number of aliphatic hydroxyl groups excluding tert-OH is 1. The van der Waals surface area contributed by atoms with E-state index in [0.717, 1.165) is 23.7 Å². The zero-order chi connectivity index (χ0) is 18.6. The van der Waals surface area contributed by atoms with Crippen LogP contribution in [0.15, 0.2) is 48.2 Å². The Hall–Kier alpha value is -3.22. The van der Waals surface area contributed by atoms with Crippen LogP contribution in [0.3, 0.4) is 0 Å². The molecule has 0 unspecified atom stereocenters. The van der Waals surface area contributed by atoms with E-state index in [1.165, 1.54) is 4.90 Å².